The van der Waals surface area contributed by atoms with E-state index in [2.05, 4.69) is 51.6 Å². The van der Waals surface area contributed by atoms with Crippen molar-refractivity contribution in [2.75, 3.05) is 11.9 Å². The third kappa shape index (κ3) is 3.05. The largest absolute Gasteiger partial charge is 0.376 e. The molecule has 0 amide bonds. The van der Waals surface area contributed by atoms with Gasteiger partial charge >= 0.3 is 0 Å². The molecule has 1 aliphatic carbocycles. The van der Waals surface area contributed by atoms with Gasteiger partial charge < -0.3 is 11.1 Å². The molecule has 3 rings (SSSR count). The van der Waals surface area contributed by atoms with E-state index >= 15 is 0 Å². The van der Waals surface area contributed by atoms with E-state index < -0.39 is 0 Å². The molecule has 2 aromatic rings. The third-order valence-electron chi connectivity index (χ3n) is 3.83. The lowest BCUT2D eigenvalue weighted by atomic mass is 10.0. The number of hydrogen-bond acceptors (Lipinski definition) is 2. The van der Waals surface area contributed by atoms with Crippen molar-refractivity contribution in [1.29, 1.82) is 0 Å². The number of benzene rings is 2. The Labute approximate surface area is 128 Å². The normalized spacial score (nSPS) is 15.9. The van der Waals surface area contributed by atoms with Crippen molar-refractivity contribution in [3.05, 3.63) is 64.1 Å². The summed E-state index contributed by atoms with van der Waals surface area (Å²) in [6, 6.07) is 17.2. The fraction of sp³-hybridized carbons (Fsp3) is 0.294. The van der Waals surface area contributed by atoms with Crippen molar-refractivity contribution in [1.82, 2.24) is 0 Å². The van der Waals surface area contributed by atoms with Gasteiger partial charge in [-0.3, -0.25) is 0 Å². The minimum absolute atomic E-state index is 0.141. The maximum absolute atomic E-state index is 5.94. The molecule has 0 spiro atoms. The number of nitrogens with two attached hydrogens (primary N) is 1. The van der Waals surface area contributed by atoms with Gasteiger partial charge in [0.2, 0.25) is 0 Å². The second kappa shape index (κ2) is 5.98. The first-order chi connectivity index (χ1) is 9.78. The molecule has 0 radical (unpaired) electrons. The van der Waals surface area contributed by atoms with Crippen molar-refractivity contribution < 1.29 is 0 Å². The van der Waals surface area contributed by atoms with Crippen molar-refractivity contribution in [2.45, 2.75) is 24.8 Å². The molecule has 3 heteroatoms. The highest BCUT2D eigenvalue weighted by atomic mass is 79.9. The molecule has 0 heterocycles. The Morgan fingerprint density at radius 3 is 2.40 bits per heavy atom. The van der Waals surface area contributed by atoms with Crippen LogP contribution in [-0.4, -0.2) is 6.54 Å². The fourth-order valence-electron chi connectivity index (χ4n) is 2.46. The van der Waals surface area contributed by atoms with Gasteiger partial charge in [-0.15, -0.1) is 0 Å². The van der Waals surface area contributed by atoms with Crippen LogP contribution in [0.25, 0.3) is 0 Å². The zero-order valence-electron chi connectivity index (χ0n) is 11.4. The fourth-order valence-corrected chi connectivity index (χ4v) is 2.86. The number of halogens is 1. The van der Waals surface area contributed by atoms with Crippen LogP contribution in [0.5, 0.6) is 0 Å². The van der Waals surface area contributed by atoms with Gasteiger partial charge in [-0.25, -0.2) is 0 Å². The molecule has 1 saturated carbocycles. The van der Waals surface area contributed by atoms with E-state index in [1.165, 1.54) is 24.0 Å². The summed E-state index contributed by atoms with van der Waals surface area (Å²) in [5, 5.41) is 3.51. The second-order valence-corrected chi connectivity index (χ2v) is 6.21. The Bertz CT molecular complexity index is 576. The molecular formula is C17H19BrN2. The van der Waals surface area contributed by atoms with Crippen LogP contribution in [0, 0.1) is 0 Å². The molecule has 1 fully saturated rings. The summed E-state index contributed by atoms with van der Waals surface area (Å²) in [4.78, 5) is 0. The van der Waals surface area contributed by atoms with Crippen molar-refractivity contribution in [2.24, 2.45) is 5.73 Å². The summed E-state index contributed by atoms with van der Waals surface area (Å²) in [5.41, 5.74) is 9.72. The van der Waals surface area contributed by atoms with Crippen molar-refractivity contribution in [3.8, 4) is 0 Å². The number of rotatable bonds is 5. The van der Waals surface area contributed by atoms with E-state index in [4.69, 9.17) is 5.73 Å². The van der Waals surface area contributed by atoms with Crippen LogP contribution in [0.1, 0.15) is 35.9 Å². The van der Waals surface area contributed by atoms with Crippen LogP contribution in [0.4, 0.5) is 5.69 Å². The molecule has 2 aromatic carbocycles. The van der Waals surface area contributed by atoms with E-state index in [-0.39, 0.29) is 6.04 Å². The highest BCUT2D eigenvalue weighted by molar-refractivity contribution is 9.10. The topological polar surface area (TPSA) is 38.0 Å². The first-order valence-corrected chi connectivity index (χ1v) is 7.88. The first kappa shape index (κ1) is 13.7. The molecule has 0 saturated heterocycles. The molecule has 2 nitrogen and oxygen atoms in total. The molecule has 1 aliphatic rings. The predicted molar refractivity (Wildman–Crippen MR) is 88.0 cm³/mol. The SMILES string of the molecule is NCC(Nc1ccccc1Br)c1ccc(C2CC2)cc1. The van der Waals surface area contributed by atoms with E-state index in [0.29, 0.717) is 6.54 Å². The van der Waals surface area contributed by atoms with E-state index in [1.807, 2.05) is 18.2 Å². The lowest BCUT2D eigenvalue weighted by Crippen LogP contribution is -2.20. The Morgan fingerprint density at radius 1 is 1.10 bits per heavy atom. The monoisotopic (exact) mass is 330 g/mol. The molecule has 1 unspecified atom stereocenters. The van der Waals surface area contributed by atoms with Gasteiger partial charge in [0.25, 0.3) is 0 Å². The molecular weight excluding hydrogens is 312 g/mol. The van der Waals surface area contributed by atoms with Crippen molar-refractivity contribution >= 4 is 21.6 Å². The highest BCUT2D eigenvalue weighted by Gasteiger charge is 2.23. The molecule has 104 valence electrons. The van der Waals surface area contributed by atoms with E-state index in [9.17, 15) is 0 Å². The van der Waals surface area contributed by atoms with Crippen LogP contribution in [0.2, 0.25) is 0 Å². The van der Waals surface area contributed by atoms with Crippen LogP contribution < -0.4 is 11.1 Å². The van der Waals surface area contributed by atoms with E-state index in [1.54, 1.807) is 0 Å². The zero-order valence-corrected chi connectivity index (χ0v) is 12.9. The minimum atomic E-state index is 0.141. The maximum atomic E-state index is 5.94. The smallest absolute Gasteiger partial charge is 0.0636 e. The summed E-state index contributed by atoms with van der Waals surface area (Å²) in [6.07, 6.45) is 2.68. The van der Waals surface area contributed by atoms with Gasteiger partial charge in [-0.05, 0) is 57.9 Å². The Balaban J connectivity index is 1.77. The lowest BCUT2D eigenvalue weighted by molar-refractivity contribution is 0.788. The number of hydrogen-bond donors (Lipinski definition) is 2. The average Bonchev–Trinajstić information content (AvgIpc) is 3.31. The molecule has 0 aliphatic heterocycles. The van der Waals surface area contributed by atoms with Gasteiger partial charge in [0, 0.05) is 16.7 Å². The summed E-state index contributed by atoms with van der Waals surface area (Å²) in [5.74, 6) is 0.802. The Morgan fingerprint density at radius 2 is 1.80 bits per heavy atom. The number of anilines is 1. The molecule has 0 aromatic heterocycles. The maximum Gasteiger partial charge on any atom is 0.0636 e. The van der Waals surface area contributed by atoms with Crippen LogP contribution in [-0.2, 0) is 0 Å². The minimum Gasteiger partial charge on any atom is -0.376 e. The molecule has 3 N–H and O–H groups in total. The Kier molecular flexibility index (Phi) is 4.08. The molecule has 1 atom stereocenters. The van der Waals surface area contributed by atoms with Crippen LogP contribution in [0.3, 0.4) is 0 Å². The van der Waals surface area contributed by atoms with Gasteiger partial charge in [-0.2, -0.15) is 0 Å². The van der Waals surface area contributed by atoms with Crippen LogP contribution in [0.15, 0.2) is 53.0 Å². The summed E-state index contributed by atoms with van der Waals surface area (Å²) < 4.78 is 1.06. The second-order valence-electron chi connectivity index (χ2n) is 5.35. The summed E-state index contributed by atoms with van der Waals surface area (Å²) >= 11 is 3.56. The quantitative estimate of drug-likeness (QED) is 0.850. The van der Waals surface area contributed by atoms with Gasteiger partial charge in [-0.1, -0.05) is 36.4 Å². The zero-order chi connectivity index (χ0) is 13.9. The Hall–Kier alpha value is -1.32. The van der Waals surface area contributed by atoms with Crippen LogP contribution >= 0.6 is 15.9 Å². The van der Waals surface area contributed by atoms with Gasteiger partial charge in [0.05, 0.1) is 6.04 Å². The van der Waals surface area contributed by atoms with Gasteiger partial charge in [0.15, 0.2) is 0 Å². The third-order valence-corrected chi connectivity index (χ3v) is 4.52. The average molecular weight is 331 g/mol. The molecule has 20 heavy (non-hydrogen) atoms. The number of nitrogens with one attached hydrogen (secondary N) is 1. The highest BCUT2D eigenvalue weighted by Crippen LogP contribution is 2.40. The number of para-hydroxylation sites is 1. The molecule has 0 bridgehead atoms. The van der Waals surface area contributed by atoms with E-state index in [0.717, 1.165) is 16.1 Å². The summed E-state index contributed by atoms with van der Waals surface area (Å²) in [7, 11) is 0. The van der Waals surface area contributed by atoms with Gasteiger partial charge in [0.1, 0.15) is 0 Å². The summed E-state index contributed by atoms with van der Waals surface area (Å²) in [6.45, 7) is 0.574. The lowest BCUT2D eigenvalue weighted by Gasteiger charge is -2.20. The predicted octanol–water partition coefficient (Wildman–Crippen LogP) is 4.44. The standard InChI is InChI=1S/C17H19BrN2/c18-15-3-1-2-4-16(15)20-17(11-19)14-9-7-13(8-10-14)12-5-6-12/h1-4,7-10,12,17,20H,5-6,11,19H2. The van der Waals surface area contributed by atoms with Crippen molar-refractivity contribution in [3.63, 3.8) is 0 Å². The first-order valence-electron chi connectivity index (χ1n) is 7.09.